The Morgan fingerprint density at radius 2 is 1.48 bits per heavy atom. The fraction of sp³-hybridized carbons (Fsp3) is 0.348. The minimum absolute atomic E-state index is 0. The van der Waals surface area contributed by atoms with Crippen LogP contribution in [-0.4, -0.2) is 78.8 Å². The van der Waals surface area contributed by atoms with Gasteiger partial charge in [-0.3, -0.25) is 24.4 Å². The second kappa shape index (κ2) is 10.7. The van der Waals surface area contributed by atoms with Crippen LogP contribution >= 0.6 is 24.0 Å². The molecule has 0 bridgehead atoms. The molecule has 0 aliphatic carbocycles. The first-order valence-electron chi connectivity index (χ1n) is 10.3. The SMILES string of the molecule is CN=C(NCCN1C(=O)c2ccccc2C1=O)N1CCN(Cc2ccccc2)CC1.I. The second-order valence-electron chi connectivity index (χ2n) is 7.53. The number of nitrogens with one attached hydrogen (secondary N) is 1. The summed E-state index contributed by atoms with van der Waals surface area (Å²) in [6.07, 6.45) is 0. The van der Waals surface area contributed by atoms with Crippen molar-refractivity contribution in [2.24, 2.45) is 4.99 Å². The van der Waals surface area contributed by atoms with Gasteiger partial charge in [-0.05, 0) is 17.7 Å². The monoisotopic (exact) mass is 533 g/mol. The number of imide groups is 1. The molecule has 2 aliphatic rings. The molecule has 0 aromatic heterocycles. The van der Waals surface area contributed by atoms with Gasteiger partial charge in [-0.1, -0.05) is 42.5 Å². The predicted octanol–water partition coefficient (Wildman–Crippen LogP) is 2.29. The summed E-state index contributed by atoms with van der Waals surface area (Å²) >= 11 is 0. The lowest BCUT2D eigenvalue weighted by molar-refractivity contribution is 0.0656. The normalized spacial score (nSPS) is 16.9. The third-order valence-corrected chi connectivity index (χ3v) is 5.63. The van der Waals surface area contributed by atoms with Crippen LogP contribution in [0.3, 0.4) is 0 Å². The number of guanidine groups is 1. The first-order chi connectivity index (χ1) is 14.7. The summed E-state index contributed by atoms with van der Waals surface area (Å²) in [4.78, 5) is 35.3. The van der Waals surface area contributed by atoms with Crippen molar-refractivity contribution in [1.29, 1.82) is 0 Å². The number of piperazine rings is 1. The van der Waals surface area contributed by atoms with Crippen molar-refractivity contribution < 1.29 is 9.59 Å². The summed E-state index contributed by atoms with van der Waals surface area (Å²) in [5, 5.41) is 3.31. The zero-order valence-electron chi connectivity index (χ0n) is 17.7. The standard InChI is InChI=1S/C23H27N5O2.HI/c1-24-23(27-15-13-26(14-16-27)17-18-7-3-2-4-8-18)25-11-12-28-21(29)19-9-5-6-10-20(19)22(28)30;/h2-10H,11-17H2,1H3,(H,24,25);1H. The molecule has 8 heteroatoms. The lowest BCUT2D eigenvalue weighted by Gasteiger charge is -2.36. The highest BCUT2D eigenvalue weighted by atomic mass is 127. The molecule has 2 amide bonds. The van der Waals surface area contributed by atoms with Gasteiger partial charge in [0.05, 0.1) is 11.1 Å². The fourth-order valence-electron chi connectivity index (χ4n) is 4.01. The number of halogens is 1. The largest absolute Gasteiger partial charge is 0.354 e. The van der Waals surface area contributed by atoms with Crippen molar-refractivity contribution in [3.63, 3.8) is 0 Å². The number of aliphatic imine (C=N–C) groups is 1. The van der Waals surface area contributed by atoms with Crippen molar-refractivity contribution in [2.45, 2.75) is 6.54 Å². The van der Waals surface area contributed by atoms with E-state index in [1.165, 1.54) is 10.5 Å². The number of carbonyl (C=O) groups is 2. The van der Waals surface area contributed by atoms with Crippen LogP contribution in [0.4, 0.5) is 0 Å². The molecule has 164 valence electrons. The number of nitrogens with zero attached hydrogens (tertiary/aromatic N) is 4. The van der Waals surface area contributed by atoms with Gasteiger partial charge in [-0.25, -0.2) is 0 Å². The number of fused-ring (bicyclic) bond motifs is 1. The van der Waals surface area contributed by atoms with E-state index >= 15 is 0 Å². The van der Waals surface area contributed by atoms with Crippen molar-refractivity contribution in [2.75, 3.05) is 46.3 Å². The number of carbonyl (C=O) groups excluding carboxylic acids is 2. The molecular formula is C23H28IN5O2. The summed E-state index contributed by atoms with van der Waals surface area (Å²) in [5.41, 5.74) is 2.30. The summed E-state index contributed by atoms with van der Waals surface area (Å²) in [5.74, 6) is 0.370. The first-order valence-corrected chi connectivity index (χ1v) is 10.3. The van der Waals surface area contributed by atoms with E-state index in [4.69, 9.17) is 0 Å². The number of amides is 2. The Morgan fingerprint density at radius 1 is 0.903 bits per heavy atom. The van der Waals surface area contributed by atoms with Gasteiger partial charge in [-0.15, -0.1) is 24.0 Å². The first kappa shape index (κ1) is 23.2. The molecule has 0 atom stereocenters. The molecule has 0 unspecified atom stereocenters. The van der Waals surface area contributed by atoms with Crippen molar-refractivity contribution in [1.82, 2.24) is 20.0 Å². The molecule has 0 saturated carbocycles. The minimum Gasteiger partial charge on any atom is -0.354 e. The smallest absolute Gasteiger partial charge is 0.261 e. The van der Waals surface area contributed by atoms with Crippen LogP contribution in [0.15, 0.2) is 59.6 Å². The van der Waals surface area contributed by atoms with E-state index in [-0.39, 0.29) is 35.8 Å². The average Bonchev–Trinajstić information content (AvgIpc) is 3.03. The van der Waals surface area contributed by atoms with Crippen LogP contribution < -0.4 is 5.32 Å². The maximum Gasteiger partial charge on any atom is 0.261 e. The highest BCUT2D eigenvalue weighted by Crippen LogP contribution is 2.21. The molecular weight excluding hydrogens is 505 g/mol. The van der Waals surface area contributed by atoms with Crippen LogP contribution in [0.25, 0.3) is 0 Å². The Morgan fingerprint density at radius 3 is 2.06 bits per heavy atom. The van der Waals surface area contributed by atoms with E-state index in [0.29, 0.717) is 24.2 Å². The van der Waals surface area contributed by atoms with Gasteiger partial charge in [0.15, 0.2) is 5.96 Å². The van der Waals surface area contributed by atoms with Crippen LogP contribution in [0, 0.1) is 0 Å². The Bertz CT molecular complexity index is 907. The third-order valence-electron chi connectivity index (χ3n) is 5.63. The zero-order valence-corrected chi connectivity index (χ0v) is 20.0. The molecule has 31 heavy (non-hydrogen) atoms. The third kappa shape index (κ3) is 5.24. The summed E-state index contributed by atoms with van der Waals surface area (Å²) < 4.78 is 0. The van der Waals surface area contributed by atoms with E-state index in [2.05, 4.69) is 44.4 Å². The Labute approximate surface area is 200 Å². The van der Waals surface area contributed by atoms with Gasteiger partial charge in [0.2, 0.25) is 0 Å². The quantitative estimate of drug-likeness (QED) is 0.277. The molecule has 2 aromatic rings. The molecule has 2 aliphatic heterocycles. The second-order valence-corrected chi connectivity index (χ2v) is 7.53. The van der Waals surface area contributed by atoms with Gasteiger partial charge >= 0.3 is 0 Å². The Kier molecular flexibility index (Phi) is 8.03. The van der Waals surface area contributed by atoms with Gasteiger partial charge in [0.25, 0.3) is 11.8 Å². The lowest BCUT2D eigenvalue weighted by Crippen LogP contribution is -2.53. The highest BCUT2D eigenvalue weighted by molar-refractivity contribution is 14.0. The summed E-state index contributed by atoms with van der Waals surface area (Å²) in [6.45, 7) is 5.46. The van der Waals surface area contributed by atoms with Crippen LogP contribution in [0.1, 0.15) is 26.3 Å². The highest BCUT2D eigenvalue weighted by Gasteiger charge is 2.34. The molecule has 0 spiro atoms. The van der Waals surface area contributed by atoms with E-state index in [1.54, 1.807) is 31.3 Å². The molecule has 1 fully saturated rings. The van der Waals surface area contributed by atoms with E-state index in [9.17, 15) is 9.59 Å². The maximum atomic E-state index is 12.5. The summed E-state index contributed by atoms with van der Waals surface area (Å²) in [7, 11) is 1.76. The van der Waals surface area contributed by atoms with Crippen molar-refractivity contribution in [3.8, 4) is 0 Å². The van der Waals surface area contributed by atoms with Crippen LogP contribution in [0.2, 0.25) is 0 Å². The van der Waals surface area contributed by atoms with Crippen LogP contribution in [0.5, 0.6) is 0 Å². The molecule has 4 rings (SSSR count). The summed E-state index contributed by atoms with van der Waals surface area (Å²) in [6, 6.07) is 17.5. The average molecular weight is 533 g/mol. The van der Waals surface area contributed by atoms with E-state index in [0.717, 1.165) is 38.7 Å². The van der Waals surface area contributed by atoms with Crippen molar-refractivity contribution >= 4 is 41.8 Å². The van der Waals surface area contributed by atoms with Crippen molar-refractivity contribution in [3.05, 3.63) is 71.3 Å². The minimum atomic E-state index is -0.220. The van der Waals surface area contributed by atoms with Gasteiger partial charge in [0, 0.05) is 52.9 Å². The van der Waals surface area contributed by atoms with Gasteiger partial charge in [0.1, 0.15) is 0 Å². The predicted molar refractivity (Wildman–Crippen MR) is 132 cm³/mol. The Balaban J connectivity index is 0.00000272. The number of rotatable bonds is 5. The Hall–Kier alpha value is -2.46. The molecule has 0 radical (unpaired) electrons. The van der Waals surface area contributed by atoms with Gasteiger partial charge in [-0.2, -0.15) is 0 Å². The molecule has 2 heterocycles. The number of benzene rings is 2. The van der Waals surface area contributed by atoms with Crippen LogP contribution in [-0.2, 0) is 6.54 Å². The number of hydrogen-bond donors (Lipinski definition) is 1. The zero-order chi connectivity index (χ0) is 20.9. The lowest BCUT2D eigenvalue weighted by atomic mass is 10.1. The van der Waals surface area contributed by atoms with E-state index < -0.39 is 0 Å². The molecule has 1 N–H and O–H groups in total. The molecule has 2 aromatic carbocycles. The van der Waals surface area contributed by atoms with Gasteiger partial charge < -0.3 is 10.2 Å². The fourth-order valence-corrected chi connectivity index (χ4v) is 4.01. The molecule has 1 saturated heterocycles. The maximum absolute atomic E-state index is 12.5. The number of hydrogen-bond acceptors (Lipinski definition) is 4. The molecule has 7 nitrogen and oxygen atoms in total. The van der Waals surface area contributed by atoms with E-state index in [1.807, 2.05) is 6.07 Å². The topological polar surface area (TPSA) is 68.2 Å².